The quantitative estimate of drug-likeness (QED) is 0.626. The van der Waals surface area contributed by atoms with Crippen LogP contribution in [0.2, 0.25) is 0 Å². The number of benzene rings is 1. The summed E-state index contributed by atoms with van der Waals surface area (Å²) >= 11 is 1.49. The van der Waals surface area contributed by atoms with Crippen LogP contribution in [0.3, 0.4) is 0 Å². The van der Waals surface area contributed by atoms with E-state index in [2.05, 4.69) is 26.4 Å². The van der Waals surface area contributed by atoms with E-state index < -0.39 is 5.97 Å². The number of anilines is 1. The highest BCUT2D eigenvalue weighted by molar-refractivity contribution is 7.22. The van der Waals surface area contributed by atoms with Crippen LogP contribution in [0.1, 0.15) is 18.9 Å². The Kier molecular flexibility index (Phi) is 6.72. The highest BCUT2D eigenvalue weighted by Crippen LogP contribution is 2.33. The maximum atomic E-state index is 12.4. The zero-order chi connectivity index (χ0) is 21.7. The molecule has 158 valence electrons. The van der Waals surface area contributed by atoms with E-state index in [0.717, 1.165) is 22.7 Å². The Morgan fingerprint density at radius 3 is 2.83 bits per heavy atom. The van der Waals surface area contributed by atoms with Gasteiger partial charge in [-0.15, -0.1) is 0 Å². The number of carboxylic acids is 1. The SMILES string of the molecule is CC(=O)O.Cc1ccc2nc(N3CC(C(=O)NCCn4cncn4)CC3=O)sc2c1. The number of nitrogens with zero attached hydrogens (tertiary/aromatic N) is 5. The molecular weight excluding hydrogens is 408 g/mol. The summed E-state index contributed by atoms with van der Waals surface area (Å²) in [6, 6.07) is 6.02. The number of nitrogens with one attached hydrogen (secondary N) is 1. The largest absolute Gasteiger partial charge is 0.481 e. The maximum Gasteiger partial charge on any atom is 0.300 e. The smallest absolute Gasteiger partial charge is 0.300 e. The fourth-order valence-electron chi connectivity index (χ4n) is 2.99. The van der Waals surface area contributed by atoms with E-state index in [1.54, 1.807) is 15.9 Å². The highest BCUT2D eigenvalue weighted by Gasteiger charge is 2.36. The van der Waals surface area contributed by atoms with E-state index in [4.69, 9.17) is 9.90 Å². The number of aliphatic carboxylic acids is 1. The van der Waals surface area contributed by atoms with Crippen molar-refractivity contribution >= 4 is 44.5 Å². The molecule has 3 heterocycles. The van der Waals surface area contributed by atoms with E-state index in [1.165, 1.54) is 17.7 Å². The Morgan fingerprint density at radius 2 is 2.13 bits per heavy atom. The molecule has 10 nitrogen and oxygen atoms in total. The second kappa shape index (κ2) is 9.44. The Hall–Kier alpha value is -3.34. The van der Waals surface area contributed by atoms with Crippen LogP contribution in [0, 0.1) is 12.8 Å². The van der Waals surface area contributed by atoms with Gasteiger partial charge >= 0.3 is 0 Å². The minimum absolute atomic E-state index is 0.0581. The van der Waals surface area contributed by atoms with Gasteiger partial charge in [-0.25, -0.2) is 9.97 Å². The van der Waals surface area contributed by atoms with Crippen molar-refractivity contribution in [3.63, 3.8) is 0 Å². The third kappa shape index (κ3) is 5.38. The van der Waals surface area contributed by atoms with Gasteiger partial charge in [-0.3, -0.25) is 24.0 Å². The predicted molar refractivity (Wildman–Crippen MR) is 111 cm³/mol. The van der Waals surface area contributed by atoms with Crippen LogP contribution in [0.5, 0.6) is 0 Å². The van der Waals surface area contributed by atoms with E-state index in [-0.39, 0.29) is 24.2 Å². The zero-order valence-corrected chi connectivity index (χ0v) is 17.4. The lowest BCUT2D eigenvalue weighted by molar-refractivity contribution is -0.134. The summed E-state index contributed by atoms with van der Waals surface area (Å²) in [4.78, 5) is 43.8. The molecule has 2 N–H and O–H groups in total. The van der Waals surface area contributed by atoms with Gasteiger partial charge in [0.15, 0.2) is 5.13 Å². The van der Waals surface area contributed by atoms with E-state index in [0.29, 0.717) is 24.8 Å². The van der Waals surface area contributed by atoms with Crippen molar-refractivity contribution in [2.45, 2.75) is 26.8 Å². The molecule has 1 aromatic carbocycles. The van der Waals surface area contributed by atoms with Crippen LogP contribution in [-0.4, -0.2) is 55.7 Å². The lowest BCUT2D eigenvalue weighted by Crippen LogP contribution is -2.34. The molecule has 0 radical (unpaired) electrons. The van der Waals surface area contributed by atoms with Crippen molar-refractivity contribution < 1.29 is 19.5 Å². The Balaban J connectivity index is 0.000000589. The average molecular weight is 430 g/mol. The maximum absolute atomic E-state index is 12.4. The van der Waals surface area contributed by atoms with Crippen LogP contribution in [-0.2, 0) is 20.9 Å². The molecule has 11 heteroatoms. The summed E-state index contributed by atoms with van der Waals surface area (Å²) in [7, 11) is 0. The predicted octanol–water partition coefficient (Wildman–Crippen LogP) is 1.46. The molecule has 2 amide bonds. The Morgan fingerprint density at radius 1 is 1.37 bits per heavy atom. The van der Waals surface area contributed by atoms with Gasteiger partial charge in [0.2, 0.25) is 11.8 Å². The molecule has 0 bridgehead atoms. The van der Waals surface area contributed by atoms with Crippen molar-refractivity contribution in [2.75, 3.05) is 18.0 Å². The molecule has 1 unspecified atom stereocenters. The van der Waals surface area contributed by atoms with Gasteiger partial charge in [0.1, 0.15) is 12.7 Å². The molecule has 4 rings (SSSR count). The number of rotatable bonds is 5. The Labute approximate surface area is 176 Å². The van der Waals surface area contributed by atoms with Gasteiger partial charge in [0.25, 0.3) is 5.97 Å². The van der Waals surface area contributed by atoms with Gasteiger partial charge in [-0.2, -0.15) is 5.10 Å². The summed E-state index contributed by atoms with van der Waals surface area (Å²) in [6.45, 7) is 4.48. The number of hydrogen-bond acceptors (Lipinski definition) is 7. The number of aromatic nitrogens is 4. The first-order chi connectivity index (χ1) is 14.3. The number of thiazole rings is 1. The molecule has 1 aliphatic rings. The molecule has 0 aliphatic carbocycles. The number of carboxylic acid groups (broad SMARTS) is 1. The molecule has 1 fully saturated rings. The molecule has 30 heavy (non-hydrogen) atoms. The van der Waals surface area contributed by atoms with Crippen LogP contribution in [0.4, 0.5) is 5.13 Å². The van der Waals surface area contributed by atoms with Gasteiger partial charge < -0.3 is 10.4 Å². The van der Waals surface area contributed by atoms with Crippen molar-refractivity contribution in [3.8, 4) is 0 Å². The Bertz CT molecular complexity index is 1040. The second-order valence-electron chi connectivity index (χ2n) is 6.84. The number of aryl methyl sites for hydroxylation is 1. The first kappa shape index (κ1) is 21.4. The molecule has 1 saturated heterocycles. The van der Waals surface area contributed by atoms with E-state index in [9.17, 15) is 9.59 Å². The van der Waals surface area contributed by atoms with Crippen LogP contribution < -0.4 is 10.2 Å². The highest BCUT2D eigenvalue weighted by atomic mass is 32.1. The second-order valence-corrected chi connectivity index (χ2v) is 7.85. The topological polar surface area (TPSA) is 130 Å². The number of hydrogen-bond donors (Lipinski definition) is 2. The van der Waals surface area contributed by atoms with E-state index >= 15 is 0 Å². The third-order valence-electron chi connectivity index (χ3n) is 4.37. The van der Waals surface area contributed by atoms with Crippen LogP contribution in [0.15, 0.2) is 30.9 Å². The molecule has 1 aliphatic heterocycles. The molecule has 0 saturated carbocycles. The van der Waals surface area contributed by atoms with Gasteiger partial charge in [0.05, 0.1) is 22.7 Å². The molecule has 3 aromatic rings. The first-order valence-corrected chi connectivity index (χ1v) is 10.1. The summed E-state index contributed by atoms with van der Waals surface area (Å²) in [5.74, 6) is -1.36. The standard InChI is InChI=1S/C17H18N6O2S.C2H4O2/c1-11-2-3-13-14(6-11)26-17(21-13)23-8-12(7-15(23)24)16(25)19-4-5-22-10-18-9-20-22;1-2(3)4/h2-3,6,9-10,12H,4-5,7-8H2,1H3,(H,19,25);1H3,(H,3,4). The van der Waals surface area contributed by atoms with E-state index in [1.807, 2.05) is 19.1 Å². The number of fused-ring (bicyclic) bond motifs is 1. The normalized spacial score (nSPS) is 15.7. The average Bonchev–Trinajstić information content (AvgIpc) is 3.40. The van der Waals surface area contributed by atoms with Crippen molar-refractivity contribution in [2.24, 2.45) is 5.92 Å². The fraction of sp³-hybridized carbons (Fsp3) is 0.368. The summed E-state index contributed by atoms with van der Waals surface area (Å²) < 4.78 is 2.70. The van der Waals surface area contributed by atoms with Gasteiger partial charge in [-0.1, -0.05) is 17.4 Å². The summed E-state index contributed by atoms with van der Waals surface area (Å²) in [5.41, 5.74) is 2.04. The van der Waals surface area contributed by atoms with Crippen molar-refractivity contribution in [1.82, 2.24) is 25.1 Å². The van der Waals surface area contributed by atoms with Crippen LogP contribution in [0.25, 0.3) is 10.2 Å². The van der Waals surface area contributed by atoms with Gasteiger partial charge in [0, 0.05) is 26.4 Å². The lowest BCUT2D eigenvalue weighted by Gasteiger charge is -2.13. The fourth-order valence-corrected chi connectivity index (χ4v) is 4.08. The zero-order valence-electron chi connectivity index (χ0n) is 16.6. The summed E-state index contributed by atoms with van der Waals surface area (Å²) in [5, 5.41) is 14.9. The minimum Gasteiger partial charge on any atom is -0.481 e. The number of carbonyl (C=O) groups excluding carboxylic acids is 2. The summed E-state index contributed by atoms with van der Waals surface area (Å²) in [6.07, 6.45) is 3.26. The van der Waals surface area contributed by atoms with Crippen molar-refractivity contribution in [1.29, 1.82) is 0 Å². The van der Waals surface area contributed by atoms with Gasteiger partial charge in [-0.05, 0) is 24.6 Å². The minimum atomic E-state index is -0.833. The third-order valence-corrected chi connectivity index (χ3v) is 5.41. The number of amides is 2. The molecule has 0 spiro atoms. The first-order valence-electron chi connectivity index (χ1n) is 9.30. The van der Waals surface area contributed by atoms with Crippen molar-refractivity contribution in [3.05, 3.63) is 36.4 Å². The van der Waals surface area contributed by atoms with Crippen LogP contribution >= 0.6 is 11.3 Å². The number of carbonyl (C=O) groups is 3. The molecule has 2 aromatic heterocycles. The lowest BCUT2D eigenvalue weighted by atomic mass is 10.1. The monoisotopic (exact) mass is 430 g/mol. The molecular formula is C19H22N6O4S. The molecule has 1 atom stereocenters.